The molecule has 5 heteroatoms. The van der Waals surface area contributed by atoms with Gasteiger partial charge in [0.1, 0.15) is 5.82 Å². The van der Waals surface area contributed by atoms with Crippen molar-refractivity contribution in [3.05, 3.63) is 34.6 Å². The van der Waals surface area contributed by atoms with Crippen molar-refractivity contribution in [2.75, 3.05) is 13.1 Å². The number of likely N-dealkylation sites (tertiary alicyclic amines) is 1. The highest BCUT2D eigenvalue weighted by molar-refractivity contribution is 6.31. The van der Waals surface area contributed by atoms with Gasteiger partial charge in [-0.1, -0.05) is 17.7 Å². The van der Waals surface area contributed by atoms with Crippen LogP contribution in [0.2, 0.25) is 5.02 Å². The maximum atomic E-state index is 14.1. The lowest BCUT2D eigenvalue weighted by Crippen LogP contribution is -2.40. The van der Waals surface area contributed by atoms with E-state index in [0.29, 0.717) is 23.7 Å². The lowest BCUT2D eigenvalue weighted by Gasteiger charge is -2.31. The van der Waals surface area contributed by atoms with Gasteiger partial charge in [-0.25, -0.2) is 4.39 Å². The van der Waals surface area contributed by atoms with Crippen molar-refractivity contribution < 1.29 is 14.3 Å². The number of carboxylic acid groups (broad SMARTS) is 1. The van der Waals surface area contributed by atoms with E-state index in [1.807, 2.05) is 20.8 Å². The molecule has 20 heavy (non-hydrogen) atoms. The van der Waals surface area contributed by atoms with Crippen LogP contribution in [0.25, 0.3) is 0 Å². The minimum Gasteiger partial charge on any atom is -0.481 e. The fourth-order valence-corrected chi connectivity index (χ4v) is 3.06. The summed E-state index contributed by atoms with van der Waals surface area (Å²) in [6, 6.07) is 4.48. The number of carboxylic acids is 1. The zero-order chi connectivity index (χ0) is 15.1. The van der Waals surface area contributed by atoms with Crippen molar-refractivity contribution in [2.45, 2.75) is 32.2 Å². The first kappa shape index (κ1) is 15.3. The number of hydrogen-bond acceptors (Lipinski definition) is 2. The third-order valence-electron chi connectivity index (χ3n) is 3.96. The molecule has 1 aliphatic rings. The van der Waals surface area contributed by atoms with E-state index >= 15 is 0 Å². The van der Waals surface area contributed by atoms with Crippen molar-refractivity contribution in [3.8, 4) is 0 Å². The molecule has 1 heterocycles. The highest BCUT2D eigenvalue weighted by Gasteiger charge is 2.43. The first-order valence-corrected chi connectivity index (χ1v) is 7.01. The van der Waals surface area contributed by atoms with Crippen molar-refractivity contribution in [2.24, 2.45) is 5.92 Å². The van der Waals surface area contributed by atoms with Gasteiger partial charge in [-0.15, -0.1) is 0 Å². The number of rotatable bonds is 2. The molecule has 0 unspecified atom stereocenters. The normalized spacial score (nSPS) is 24.1. The summed E-state index contributed by atoms with van der Waals surface area (Å²) in [5, 5.41) is 9.72. The van der Waals surface area contributed by atoms with Crippen molar-refractivity contribution in [1.29, 1.82) is 0 Å². The Morgan fingerprint density at radius 3 is 2.55 bits per heavy atom. The van der Waals surface area contributed by atoms with Crippen molar-refractivity contribution >= 4 is 17.6 Å². The fourth-order valence-electron chi connectivity index (χ4n) is 2.76. The maximum Gasteiger partial charge on any atom is 0.308 e. The largest absolute Gasteiger partial charge is 0.481 e. The minimum absolute atomic E-state index is 0.153. The van der Waals surface area contributed by atoms with Crippen LogP contribution in [-0.2, 0) is 4.79 Å². The van der Waals surface area contributed by atoms with E-state index in [1.54, 1.807) is 6.07 Å². The Bertz CT molecular complexity index is 507. The molecule has 0 aliphatic carbocycles. The van der Waals surface area contributed by atoms with Crippen LogP contribution in [0.1, 0.15) is 32.3 Å². The lowest BCUT2D eigenvalue weighted by atomic mass is 9.88. The second-order valence-electron chi connectivity index (χ2n) is 6.26. The van der Waals surface area contributed by atoms with Gasteiger partial charge < -0.3 is 5.11 Å². The molecule has 110 valence electrons. The van der Waals surface area contributed by atoms with Gasteiger partial charge in [0.2, 0.25) is 0 Å². The summed E-state index contributed by atoms with van der Waals surface area (Å²) in [6.07, 6.45) is 0. The minimum atomic E-state index is -0.902. The molecule has 0 radical (unpaired) electrons. The molecule has 1 fully saturated rings. The Hall–Kier alpha value is -1.13. The van der Waals surface area contributed by atoms with E-state index in [1.165, 1.54) is 12.1 Å². The van der Waals surface area contributed by atoms with Gasteiger partial charge in [-0.05, 0) is 32.9 Å². The van der Waals surface area contributed by atoms with Crippen molar-refractivity contribution in [1.82, 2.24) is 4.90 Å². The van der Waals surface area contributed by atoms with E-state index < -0.39 is 23.6 Å². The molecule has 0 bridgehead atoms. The van der Waals surface area contributed by atoms with E-state index in [-0.39, 0.29) is 5.54 Å². The van der Waals surface area contributed by atoms with Crippen LogP contribution >= 0.6 is 11.6 Å². The van der Waals surface area contributed by atoms with Crippen LogP contribution in [0.5, 0.6) is 0 Å². The molecule has 1 N–H and O–H groups in total. The highest BCUT2D eigenvalue weighted by atomic mass is 35.5. The van der Waals surface area contributed by atoms with Gasteiger partial charge in [-0.3, -0.25) is 9.69 Å². The van der Waals surface area contributed by atoms with E-state index in [4.69, 9.17) is 11.6 Å². The summed E-state index contributed by atoms with van der Waals surface area (Å²) in [6.45, 7) is 6.99. The Morgan fingerprint density at radius 2 is 2.05 bits per heavy atom. The van der Waals surface area contributed by atoms with Gasteiger partial charge >= 0.3 is 5.97 Å². The van der Waals surface area contributed by atoms with Gasteiger partial charge in [0.15, 0.2) is 0 Å². The maximum absolute atomic E-state index is 14.1. The van der Waals surface area contributed by atoms with Gasteiger partial charge in [0.05, 0.1) is 5.92 Å². The molecule has 1 aliphatic heterocycles. The van der Waals surface area contributed by atoms with Crippen LogP contribution in [0.4, 0.5) is 4.39 Å². The molecule has 2 rings (SSSR count). The summed E-state index contributed by atoms with van der Waals surface area (Å²) in [5.74, 6) is -2.38. The Balaban J connectivity index is 2.41. The smallest absolute Gasteiger partial charge is 0.308 e. The second-order valence-corrected chi connectivity index (χ2v) is 6.67. The highest BCUT2D eigenvalue weighted by Crippen LogP contribution is 2.40. The number of carbonyl (C=O) groups is 1. The second kappa shape index (κ2) is 5.34. The summed E-state index contributed by atoms with van der Waals surface area (Å²) >= 11 is 6.09. The van der Waals surface area contributed by atoms with Crippen molar-refractivity contribution in [3.63, 3.8) is 0 Å². The summed E-state index contributed by atoms with van der Waals surface area (Å²) in [4.78, 5) is 13.6. The zero-order valence-electron chi connectivity index (χ0n) is 11.9. The monoisotopic (exact) mass is 299 g/mol. The first-order valence-electron chi connectivity index (χ1n) is 6.63. The van der Waals surface area contributed by atoms with Crippen LogP contribution < -0.4 is 0 Å². The Labute approximate surface area is 123 Å². The molecule has 3 nitrogen and oxygen atoms in total. The number of halogens is 2. The Morgan fingerprint density at radius 1 is 1.40 bits per heavy atom. The predicted octanol–water partition coefficient (Wildman–Crippen LogP) is 3.38. The third kappa shape index (κ3) is 2.81. The lowest BCUT2D eigenvalue weighted by molar-refractivity contribution is -0.141. The SMILES string of the molecule is CC(C)(C)N1C[C@H](C(=O)O)[C@@H](c2c(F)cccc2Cl)C1. The van der Waals surface area contributed by atoms with Crippen LogP contribution in [0.15, 0.2) is 18.2 Å². The number of hydrogen-bond donors (Lipinski definition) is 1. The standard InChI is InChI=1S/C15H19ClFNO2/c1-15(2,3)18-7-9(10(8-18)14(19)20)13-11(16)5-4-6-12(13)17/h4-6,9-10H,7-8H2,1-3H3,(H,19,20)/t9-,10-/m0/s1. The quantitative estimate of drug-likeness (QED) is 0.910. The summed E-state index contributed by atoms with van der Waals surface area (Å²) in [7, 11) is 0. The molecule has 0 aromatic heterocycles. The fraction of sp³-hybridized carbons (Fsp3) is 0.533. The van der Waals surface area contributed by atoms with E-state index in [2.05, 4.69) is 4.90 Å². The average molecular weight is 300 g/mol. The van der Waals surface area contributed by atoms with Gasteiger partial charge in [0, 0.05) is 35.1 Å². The molecule has 0 amide bonds. The topological polar surface area (TPSA) is 40.5 Å². The molecule has 1 aromatic rings. The molecule has 2 atom stereocenters. The van der Waals surface area contributed by atoms with E-state index in [0.717, 1.165) is 0 Å². The number of nitrogens with zero attached hydrogens (tertiary/aromatic N) is 1. The predicted molar refractivity (Wildman–Crippen MR) is 76.6 cm³/mol. The summed E-state index contributed by atoms with van der Waals surface area (Å²) in [5.41, 5.74) is 0.175. The molecular formula is C15H19ClFNO2. The van der Waals surface area contributed by atoms with Crippen LogP contribution in [-0.4, -0.2) is 34.6 Å². The summed E-state index contributed by atoms with van der Waals surface area (Å²) < 4.78 is 14.1. The van der Waals surface area contributed by atoms with Crippen LogP contribution in [0.3, 0.4) is 0 Å². The molecular weight excluding hydrogens is 281 g/mol. The molecule has 1 saturated heterocycles. The third-order valence-corrected chi connectivity index (χ3v) is 4.29. The van der Waals surface area contributed by atoms with Gasteiger partial charge in [0.25, 0.3) is 0 Å². The average Bonchev–Trinajstić information content (AvgIpc) is 2.73. The molecule has 1 aromatic carbocycles. The van der Waals surface area contributed by atoms with Gasteiger partial charge in [-0.2, -0.15) is 0 Å². The number of aliphatic carboxylic acids is 1. The first-order chi connectivity index (χ1) is 9.21. The zero-order valence-corrected chi connectivity index (χ0v) is 12.6. The molecule has 0 spiro atoms. The Kier molecular flexibility index (Phi) is 4.07. The molecule has 0 saturated carbocycles. The van der Waals surface area contributed by atoms with Crippen LogP contribution in [0, 0.1) is 11.7 Å². The number of benzene rings is 1. The van der Waals surface area contributed by atoms with E-state index in [9.17, 15) is 14.3 Å².